The molecule has 0 atom stereocenters. The van der Waals surface area contributed by atoms with Gasteiger partial charge in [-0.05, 0) is 28.1 Å². The van der Waals surface area contributed by atoms with Crippen molar-refractivity contribution in [2.45, 2.75) is 5.33 Å². The Bertz CT molecular complexity index is 450. The molecule has 0 amide bonds. The van der Waals surface area contributed by atoms with Crippen LogP contribution < -0.4 is 0 Å². The summed E-state index contributed by atoms with van der Waals surface area (Å²) in [6.07, 6.45) is 0. The van der Waals surface area contributed by atoms with Gasteiger partial charge in [-0.3, -0.25) is 0 Å². The lowest BCUT2D eigenvalue weighted by atomic mass is 10.2. The Hall–Kier alpha value is 0.01000. The first-order valence-electron chi connectivity index (χ1n) is 3.64. The van der Waals surface area contributed by atoms with Crippen molar-refractivity contribution in [1.82, 2.24) is 0 Å². The fraction of sp³-hybridized carbons (Fsp3) is 0.111. The lowest BCUT2D eigenvalue weighted by Crippen LogP contribution is -1.67. The second kappa shape index (κ2) is 3.64. The molecule has 4 heteroatoms. The van der Waals surface area contributed by atoms with Crippen LogP contribution in [0, 0.1) is 0 Å². The highest BCUT2D eigenvalue weighted by molar-refractivity contribution is 9.10. The molecule has 0 fully saturated rings. The molecule has 2 aromatic rings. The van der Waals surface area contributed by atoms with Crippen LogP contribution in [0.1, 0.15) is 5.76 Å². The first-order valence-corrected chi connectivity index (χ1v) is 5.93. The predicted octanol–water partition coefficient (Wildman–Crippen LogP) is 4.74. The molecule has 1 aromatic carbocycles. The molecule has 2 rings (SSSR count). The van der Waals surface area contributed by atoms with Gasteiger partial charge in [-0.25, -0.2) is 0 Å². The molecular formula is C9H5Br2ClO. The molecule has 0 aliphatic heterocycles. The van der Waals surface area contributed by atoms with Crippen molar-refractivity contribution in [3.8, 4) is 0 Å². The first-order chi connectivity index (χ1) is 6.20. The van der Waals surface area contributed by atoms with Crippen LogP contribution in [0.3, 0.4) is 0 Å². The molecule has 0 radical (unpaired) electrons. The standard InChI is InChI=1S/C9H5Br2ClO/c10-4-6-3-7-8(11)1-5(12)2-9(7)13-6/h1-3H,4H2. The molecule has 68 valence electrons. The Morgan fingerprint density at radius 3 is 2.77 bits per heavy atom. The third-order valence-corrected chi connectivity index (χ3v) is 3.16. The molecule has 1 heterocycles. The van der Waals surface area contributed by atoms with Crippen molar-refractivity contribution >= 4 is 54.4 Å². The smallest absolute Gasteiger partial charge is 0.136 e. The van der Waals surface area contributed by atoms with Gasteiger partial charge in [0.2, 0.25) is 0 Å². The molecule has 1 nitrogen and oxygen atoms in total. The first kappa shape index (κ1) is 9.56. The zero-order valence-electron chi connectivity index (χ0n) is 6.48. The molecule has 0 saturated heterocycles. The van der Waals surface area contributed by atoms with Gasteiger partial charge in [-0.2, -0.15) is 0 Å². The van der Waals surface area contributed by atoms with E-state index in [-0.39, 0.29) is 0 Å². The monoisotopic (exact) mass is 322 g/mol. The molecule has 0 N–H and O–H groups in total. The maximum Gasteiger partial charge on any atom is 0.136 e. The van der Waals surface area contributed by atoms with Crippen LogP contribution in [-0.2, 0) is 5.33 Å². The van der Waals surface area contributed by atoms with E-state index in [9.17, 15) is 0 Å². The van der Waals surface area contributed by atoms with Crippen molar-refractivity contribution in [2.24, 2.45) is 0 Å². The number of furan rings is 1. The lowest BCUT2D eigenvalue weighted by molar-refractivity contribution is 0.575. The zero-order chi connectivity index (χ0) is 9.42. The van der Waals surface area contributed by atoms with Gasteiger partial charge in [0.15, 0.2) is 0 Å². The van der Waals surface area contributed by atoms with E-state index in [2.05, 4.69) is 31.9 Å². The highest BCUT2D eigenvalue weighted by Gasteiger charge is 2.06. The minimum absolute atomic E-state index is 0.676. The number of alkyl halides is 1. The number of hydrogen-bond acceptors (Lipinski definition) is 1. The van der Waals surface area contributed by atoms with Gasteiger partial charge in [0.25, 0.3) is 0 Å². The summed E-state index contributed by atoms with van der Waals surface area (Å²) in [5.41, 5.74) is 0.814. The van der Waals surface area contributed by atoms with Gasteiger partial charge in [0.05, 0.1) is 5.33 Å². The van der Waals surface area contributed by atoms with Crippen LogP contribution in [0.4, 0.5) is 0 Å². The van der Waals surface area contributed by atoms with E-state index in [0.29, 0.717) is 10.4 Å². The lowest BCUT2D eigenvalue weighted by Gasteiger charge is -1.93. The van der Waals surface area contributed by atoms with Crippen LogP contribution in [0.2, 0.25) is 5.02 Å². The normalized spacial score (nSPS) is 11.0. The number of benzene rings is 1. The van der Waals surface area contributed by atoms with Crippen molar-refractivity contribution in [3.63, 3.8) is 0 Å². The summed E-state index contributed by atoms with van der Waals surface area (Å²) in [4.78, 5) is 0. The summed E-state index contributed by atoms with van der Waals surface area (Å²) in [7, 11) is 0. The molecule has 13 heavy (non-hydrogen) atoms. The summed E-state index contributed by atoms with van der Waals surface area (Å²) in [6.45, 7) is 0. The molecule has 0 aliphatic carbocycles. The Kier molecular flexibility index (Phi) is 2.67. The van der Waals surface area contributed by atoms with Crippen LogP contribution in [0.15, 0.2) is 27.1 Å². The predicted molar refractivity (Wildman–Crippen MR) is 61.6 cm³/mol. The highest BCUT2D eigenvalue weighted by Crippen LogP contribution is 2.31. The zero-order valence-corrected chi connectivity index (χ0v) is 10.4. The van der Waals surface area contributed by atoms with Gasteiger partial charge in [-0.15, -0.1) is 0 Å². The summed E-state index contributed by atoms with van der Waals surface area (Å²) < 4.78 is 6.48. The van der Waals surface area contributed by atoms with Crippen molar-refractivity contribution in [2.75, 3.05) is 0 Å². The number of halogens is 3. The Morgan fingerprint density at radius 2 is 2.08 bits per heavy atom. The van der Waals surface area contributed by atoms with Crippen molar-refractivity contribution in [3.05, 3.63) is 33.5 Å². The summed E-state index contributed by atoms with van der Waals surface area (Å²) >= 11 is 12.6. The van der Waals surface area contributed by atoms with E-state index in [1.165, 1.54) is 0 Å². The Balaban J connectivity index is 2.75. The molecule has 0 aliphatic rings. The quantitative estimate of drug-likeness (QED) is 0.690. The van der Waals surface area contributed by atoms with E-state index in [0.717, 1.165) is 21.2 Å². The minimum Gasteiger partial charge on any atom is -0.460 e. The second-order valence-corrected chi connectivity index (χ2v) is 4.50. The largest absolute Gasteiger partial charge is 0.460 e. The van der Waals surface area contributed by atoms with Gasteiger partial charge in [-0.1, -0.05) is 27.5 Å². The van der Waals surface area contributed by atoms with Crippen LogP contribution in [-0.4, -0.2) is 0 Å². The third-order valence-electron chi connectivity index (χ3n) is 1.73. The molecular weight excluding hydrogens is 319 g/mol. The fourth-order valence-electron chi connectivity index (χ4n) is 1.18. The highest BCUT2D eigenvalue weighted by atomic mass is 79.9. The van der Waals surface area contributed by atoms with Crippen molar-refractivity contribution < 1.29 is 4.42 Å². The number of rotatable bonds is 1. The summed E-state index contributed by atoms with van der Waals surface area (Å²) in [5.74, 6) is 0.901. The van der Waals surface area contributed by atoms with Gasteiger partial charge >= 0.3 is 0 Å². The SMILES string of the molecule is Clc1cc(Br)c2cc(CBr)oc2c1. The van der Waals surface area contributed by atoms with E-state index in [1.54, 1.807) is 0 Å². The van der Waals surface area contributed by atoms with E-state index < -0.39 is 0 Å². The van der Waals surface area contributed by atoms with Crippen LogP contribution in [0.25, 0.3) is 11.0 Å². The number of hydrogen-bond donors (Lipinski definition) is 0. The van der Waals surface area contributed by atoms with Gasteiger partial charge in [0, 0.05) is 20.9 Å². The van der Waals surface area contributed by atoms with Gasteiger partial charge < -0.3 is 4.42 Å². The van der Waals surface area contributed by atoms with Gasteiger partial charge in [0.1, 0.15) is 11.3 Å². The maximum absolute atomic E-state index is 5.87. The maximum atomic E-state index is 5.87. The second-order valence-electron chi connectivity index (χ2n) is 2.65. The fourth-order valence-corrected chi connectivity index (χ4v) is 2.36. The van der Waals surface area contributed by atoms with Crippen LogP contribution in [0.5, 0.6) is 0 Å². The average molecular weight is 324 g/mol. The van der Waals surface area contributed by atoms with Crippen molar-refractivity contribution in [1.29, 1.82) is 0 Å². The summed E-state index contributed by atoms with van der Waals surface area (Å²) in [6, 6.07) is 5.66. The summed E-state index contributed by atoms with van der Waals surface area (Å²) in [5, 5.41) is 2.44. The van der Waals surface area contributed by atoms with E-state index in [1.807, 2.05) is 18.2 Å². The molecule has 0 bridgehead atoms. The molecule has 0 spiro atoms. The Morgan fingerprint density at radius 1 is 1.31 bits per heavy atom. The minimum atomic E-state index is 0.676. The number of fused-ring (bicyclic) bond motifs is 1. The molecule has 0 saturated carbocycles. The molecule has 1 aromatic heterocycles. The van der Waals surface area contributed by atoms with E-state index in [4.69, 9.17) is 16.0 Å². The average Bonchev–Trinajstić information content (AvgIpc) is 2.47. The third kappa shape index (κ3) is 1.78. The van der Waals surface area contributed by atoms with Crippen LogP contribution >= 0.6 is 43.5 Å². The molecule has 0 unspecified atom stereocenters. The van der Waals surface area contributed by atoms with E-state index >= 15 is 0 Å². The Labute approximate surface area is 97.3 Å². The topological polar surface area (TPSA) is 13.1 Å².